The summed E-state index contributed by atoms with van der Waals surface area (Å²) in [4.78, 5) is 18.0. The Hall–Kier alpha value is -2.55. The molecule has 3 aromatic rings. The molecule has 3 heteroatoms. The fourth-order valence-corrected chi connectivity index (χ4v) is 2.20. The third-order valence-corrected chi connectivity index (χ3v) is 3.25. The second-order valence-electron chi connectivity index (χ2n) is 4.74. The average Bonchev–Trinajstić information content (AvgIpc) is 2.49. The number of benzene rings is 2. The van der Waals surface area contributed by atoms with Gasteiger partial charge in [0.25, 0.3) is 5.56 Å². The summed E-state index contributed by atoms with van der Waals surface area (Å²) < 4.78 is 1.39. The molecule has 2 aromatic carbocycles. The molecule has 0 amide bonds. The molecular formula is C17H15NO2. The molecule has 3 nitrogen and oxygen atoms in total. The molecule has 0 saturated carbocycles. The lowest BCUT2D eigenvalue weighted by Crippen LogP contribution is -2.28. The molecule has 0 aliphatic rings. The minimum absolute atomic E-state index is 0.111. The van der Waals surface area contributed by atoms with Crippen molar-refractivity contribution in [1.29, 1.82) is 0 Å². The first kappa shape index (κ1) is 12.5. The second kappa shape index (κ2) is 5.21. The molecule has 0 bridgehead atoms. The van der Waals surface area contributed by atoms with Crippen LogP contribution in [-0.2, 0) is 6.61 Å². The number of fused-ring (bicyclic) bond motifs is 1. The molecule has 0 saturated heterocycles. The summed E-state index contributed by atoms with van der Waals surface area (Å²) in [6.07, 6.45) is 0. The predicted molar refractivity (Wildman–Crippen MR) is 79.7 cm³/mol. The molecule has 0 atom stereocenters. The van der Waals surface area contributed by atoms with Crippen LogP contribution in [0.25, 0.3) is 10.9 Å². The van der Waals surface area contributed by atoms with Crippen molar-refractivity contribution in [1.82, 2.24) is 4.73 Å². The third kappa shape index (κ3) is 2.30. The van der Waals surface area contributed by atoms with Gasteiger partial charge in [-0.3, -0.25) is 4.79 Å². The summed E-state index contributed by atoms with van der Waals surface area (Å²) in [7, 11) is 0. The van der Waals surface area contributed by atoms with E-state index in [0.29, 0.717) is 12.2 Å². The van der Waals surface area contributed by atoms with Crippen LogP contribution in [0.4, 0.5) is 0 Å². The highest BCUT2D eigenvalue weighted by molar-refractivity contribution is 5.79. The maximum atomic E-state index is 12.2. The van der Waals surface area contributed by atoms with Gasteiger partial charge < -0.3 is 4.84 Å². The smallest absolute Gasteiger partial charge is 0.286 e. The summed E-state index contributed by atoms with van der Waals surface area (Å²) in [6, 6.07) is 19.4. The minimum atomic E-state index is -0.111. The topological polar surface area (TPSA) is 31.2 Å². The van der Waals surface area contributed by atoms with Crippen LogP contribution < -0.4 is 10.4 Å². The molecule has 0 aliphatic heterocycles. The van der Waals surface area contributed by atoms with Crippen LogP contribution in [0.3, 0.4) is 0 Å². The van der Waals surface area contributed by atoms with Crippen molar-refractivity contribution in [2.75, 3.05) is 0 Å². The number of nitrogens with zero attached hydrogens (tertiary/aromatic N) is 1. The Kier molecular flexibility index (Phi) is 3.25. The maximum Gasteiger partial charge on any atom is 0.286 e. The van der Waals surface area contributed by atoms with Gasteiger partial charge in [0.15, 0.2) is 0 Å². The van der Waals surface area contributed by atoms with Crippen LogP contribution in [0.2, 0.25) is 0 Å². The van der Waals surface area contributed by atoms with Crippen molar-refractivity contribution in [3.8, 4) is 0 Å². The van der Waals surface area contributed by atoms with Crippen LogP contribution in [0.5, 0.6) is 0 Å². The Morgan fingerprint density at radius 2 is 1.70 bits per heavy atom. The van der Waals surface area contributed by atoms with E-state index in [-0.39, 0.29) is 5.56 Å². The molecule has 0 fully saturated rings. The summed E-state index contributed by atoms with van der Waals surface area (Å²) in [5, 5.41) is 0.998. The maximum absolute atomic E-state index is 12.2. The zero-order valence-corrected chi connectivity index (χ0v) is 11.2. The van der Waals surface area contributed by atoms with Gasteiger partial charge in [-0.15, -0.1) is 4.73 Å². The van der Waals surface area contributed by atoms with Crippen LogP contribution in [-0.4, -0.2) is 4.73 Å². The average molecular weight is 265 g/mol. The number of pyridine rings is 1. The predicted octanol–water partition coefficient (Wildman–Crippen LogP) is 2.94. The van der Waals surface area contributed by atoms with Gasteiger partial charge in [-0.2, -0.15) is 0 Å². The Morgan fingerprint density at radius 1 is 1.00 bits per heavy atom. The van der Waals surface area contributed by atoms with E-state index in [1.165, 1.54) is 4.73 Å². The highest BCUT2D eigenvalue weighted by atomic mass is 16.7. The van der Waals surface area contributed by atoms with Gasteiger partial charge >= 0.3 is 0 Å². The number of aryl methyl sites for hydroxylation is 1. The fourth-order valence-electron chi connectivity index (χ4n) is 2.20. The van der Waals surface area contributed by atoms with Gasteiger partial charge in [-0.05, 0) is 24.6 Å². The first-order valence-corrected chi connectivity index (χ1v) is 6.54. The molecule has 0 spiro atoms. The van der Waals surface area contributed by atoms with Crippen molar-refractivity contribution in [3.05, 3.63) is 82.1 Å². The largest absolute Gasteiger partial charge is 0.405 e. The summed E-state index contributed by atoms with van der Waals surface area (Å²) in [6.45, 7) is 2.17. The van der Waals surface area contributed by atoms with Crippen LogP contribution in [0.1, 0.15) is 11.1 Å². The van der Waals surface area contributed by atoms with Gasteiger partial charge in [0.05, 0.1) is 5.52 Å². The van der Waals surface area contributed by atoms with Crippen molar-refractivity contribution in [2.45, 2.75) is 13.5 Å². The van der Waals surface area contributed by atoms with Gasteiger partial charge in [-0.1, -0.05) is 48.5 Å². The summed E-state index contributed by atoms with van der Waals surface area (Å²) >= 11 is 0. The lowest BCUT2D eigenvalue weighted by atomic mass is 10.2. The van der Waals surface area contributed by atoms with E-state index in [1.807, 2.05) is 60.7 Å². The molecule has 0 aliphatic carbocycles. The molecule has 0 N–H and O–H groups in total. The van der Waals surface area contributed by atoms with E-state index in [0.717, 1.165) is 16.5 Å². The van der Waals surface area contributed by atoms with Crippen LogP contribution in [0.15, 0.2) is 65.5 Å². The standard InChI is InChI=1S/C17H15NO2/c1-13-11-15-9-5-6-10-16(15)18(17(13)19)20-12-14-7-3-2-4-8-14/h2-11H,12H2,1H3. The molecule has 20 heavy (non-hydrogen) atoms. The molecule has 1 heterocycles. The minimum Gasteiger partial charge on any atom is -0.405 e. The van der Waals surface area contributed by atoms with Gasteiger partial charge in [0, 0.05) is 10.9 Å². The lowest BCUT2D eigenvalue weighted by Gasteiger charge is -2.12. The molecule has 0 unspecified atom stereocenters. The van der Waals surface area contributed by atoms with E-state index >= 15 is 0 Å². The molecular weight excluding hydrogens is 250 g/mol. The molecule has 3 rings (SSSR count). The first-order valence-electron chi connectivity index (χ1n) is 6.54. The van der Waals surface area contributed by atoms with E-state index in [2.05, 4.69) is 0 Å². The fraction of sp³-hybridized carbons (Fsp3) is 0.118. The highest BCUT2D eigenvalue weighted by Gasteiger charge is 2.07. The van der Waals surface area contributed by atoms with E-state index in [9.17, 15) is 4.79 Å². The zero-order chi connectivity index (χ0) is 13.9. The number of rotatable bonds is 3. The van der Waals surface area contributed by atoms with E-state index in [1.54, 1.807) is 6.92 Å². The summed E-state index contributed by atoms with van der Waals surface area (Å²) in [5.41, 5.74) is 2.39. The number of para-hydroxylation sites is 1. The van der Waals surface area contributed by atoms with Crippen molar-refractivity contribution >= 4 is 10.9 Å². The van der Waals surface area contributed by atoms with E-state index in [4.69, 9.17) is 4.84 Å². The van der Waals surface area contributed by atoms with Gasteiger partial charge in [-0.25, -0.2) is 0 Å². The van der Waals surface area contributed by atoms with Crippen LogP contribution >= 0.6 is 0 Å². The Balaban J connectivity index is 2.02. The quantitative estimate of drug-likeness (QED) is 0.729. The Labute approximate surface area is 117 Å². The van der Waals surface area contributed by atoms with Crippen molar-refractivity contribution in [3.63, 3.8) is 0 Å². The Morgan fingerprint density at radius 3 is 2.50 bits per heavy atom. The van der Waals surface area contributed by atoms with E-state index < -0.39 is 0 Å². The SMILES string of the molecule is Cc1cc2ccccc2n(OCc2ccccc2)c1=O. The van der Waals surface area contributed by atoms with Crippen molar-refractivity contribution < 1.29 is 4.84 Å². The second-order valence-corrected chi connectivity index (χ2v) is 4.74. The van der Waals surface area contributed by atoms with Crippen LogP contribution in [0, 0.1) is 6.92 Å². The first-order chi connectivity index (χ1) is 9.75. The third-order valence-electron chi connectivity index (χ3n) is 3.25. The van der Waals surface area contributed by atoms with Crippen molar-refractivity contribution in [2.24, 2.45) is 0 Å². The summed E-state index contributed by atoms with van der Waals surface area (Å²) in [5.74, 6) is 0. The van der Waals surface area contributed by atoms with Gasteiger partial charge in [0.2, 0.25) is 0 Å². The number of hydrogen-bond donors (Lipinski definition) is 0. The lowest BCUT2D eigenvalue weighted by molar-refractivity contribution is 0.0988. The number of hydrogen-bond acceptors (Lipinski definition) is 2. The van der Waals surface area contributed by atoms with Gasteiger partial charge in [0.1, 0.15) is 6.61 Å². The highest BCUT2D eigenvalue weighted by Crippen LogP contribution is 2.12. The Bertz CT molecular complexity index is 791. The molecule has 0 radical (unpaired) electrons. The monoisotopic (exact) mass is 265 g/mol. The normalized spacial score (nSPS) is 10.7. The number of aromatic nitrogens is 1. The molecule has 100 valence electrons. The molecule has 1 aromatic heterocycles. The zero-order valence-electron chi connectivity index (χ0n) is 11.2.